The van der Waals surface area contributed by atoms with Gasteiger partial charge in [0.25, 0.3) is 0 Å². The molecule has 3 rings (SSSR count). The van der Waals surface area contributed by atoms with Crippen LogP contribution in [0.15, 0.2) is 32.9 Å². The van der Waals surface area contributed by atoms with Crippen molar-refractivity contribution in [3.05, 3.63) is 35.7 Å². The summed E-state index contributed by atoms with van der Waals surface area (Å²) in [7, 11) is 1.67. The van der Waals surface area contributed by atoms with Gasteiger partial charge in [-0.25, -0.2) is 4.68 Å². The molecule has 0 spiro atoms. The van der Waals surface area contributed by atoms with Crippen LogP contribution >= 0.6 is 34.9 Å². The molecular weight excluding hydrogens is 388 g/mol. The summed E-state index contributed by atoms with van der Waals surface area (Å²) >= 11 is 4.92. The predicted molar refractivity (Wildman–Crippen MR) is 105 cm³/mol. The zero-order chi connectivity index (χ0) is 18.2. The van der Waals surface area contributed by atoms with Gasteiger partial charge in [0.2, 0.25) is 0 Å². The fraction of sp³-hybridized carbons (Fsp3) is 0.438. The number of aromatic nitrogens is 6. The van der Waals surface area contributed by atoms with Crippen LogP contribution < -0.4 is 4.74 Å². The summed E-state index contributed by atoms with van der Waals surface area (Å²) < 4.78 is 8.95. The minimum absolute atomic E-state index is 0.703. The normalized spacial score (nSPS) is 11.0. The lowest BCUT2D eigenvalue weighted by Gasteiger charge is -2.02. The lowest BCUT2D eigenvalue weighted by atomic mass is 10.2. The second-order valence-electron chi connectivity index (χ2n) is 5.43. The number of unbranched alkanes of at least 4 members (excludes halogenated alkanes) is 1. The number of methoxy groups -OCH3 is 1. The maximum atomic E-state index is 5.18. The SMILES string of the molecule is CCCCn1nnnc1CSc1nnc(SCc2ccc(OC)cc2)s1. The van der Waals surface area contributed by atoms with E-state index in [1.807, 2.05) is 16.8 Å². The number of benzene rings is 1. The van der Waals surface area contributed by atoms with Gasteiger partial charge in [0.1, 0.15) is 5.75 Å². The van der Waals surface area contributed by atoms with Crippen LogP contribution in [0.2, 0.25) is 0 Å². The Hall–Kier alpha value is -1.65. The molecule has 0 N–H and O–H groups in total. The van der Waals surface area contributed by atoms with Crippen molar-refractivity contribution in [2.45, 2.75) is 46.5 Å². The van der Waals surface area contributed by atoms with Crippen molar-refractivity contribution in [2.24, 2.45) is 0 Å². The number of rotatable bonds is 10. The highest BCUT2D eigenvalue weighted by Crippen LogP contribution is 2.32. The van der Waals surface area contributed by atoms with Crippen molar-refractivity contribution in [2.75, 3.05) is 7.11 Å². The first-order valence-corrected chi connectivity index (χ1v) is 11.0. The third kappa shape index (κ3) is 5.42. The lowest BCUT2D eigenvalue weighted by molar-refractivity contribution is 0.414. The molecule has 0 unspecified atom stereocenters. The van der Waals surface area contributed by atoms with Crippen LogP contribution in [0.3, 0.4) is 0 Å². The van der Waals surface area contributed by atoms with Crippen LogP contribution in [-0.2, 0) is 18.1 Å². The van der Waals surface area contributed by atoms with Crippen molar-refractivity contribution in [1.82, 2.24) is 30.4 Å². The van der Waals surface area contributed by atoms with Crippen LogP contribution in [0.25, 0.3) is 0 Å². The average molecular weight is 409 g/mol. The topological polar surface area (TPSA) is 78.6 Å². The van der Waals surface area contributed by atoms with E-state index in [1.165, 1.54) is 5.56 Å². The number of tetrazole rings is 1. The molecule has 3 aromatic rings. The third-order valence-corrected chi connectivity index (χ3v) is 6.82. The molecule has 0 atom stereocenters. The standard InChI is InChI=1S/C16H20N6OS3/c1-3-4-9-22-14(17-20-21-22)11-25-16-19-18-15(26-16)24-10-12-5-7-13(23-2)8-6-12/h5-8H,3-4,9-11H2,1-2H3. The molecule has 2 aromatic heterocycles. The number of ether oxygens (including phenoxy) is 1. The fourth-order valence-corrected chi connectivity index (χ4v) is 5.02. The molecule has 0 bridgehead atoms. The average Bonchev–Trinajstić information content (AvgIpc) is 3.32. The van der Waals surface area contributed by atoms with Gasteiger partial charge in [0.15, 0.2) is 14.5 Å². The van der Waals surface area contributed by atoms with Crippen LogP contribution in [0, 0.1) is 0 Å². The first kappa shape index (κ1) is 19.1. The van der Waals surface area contributed by atoms with Crippen molar-refractivity contribution in [1.29, 1.82) is 0 Å². The van der Waals surface area contributed by atoms with Crippen molar-refractivity contribution in [3.63, 3.8) is 0 Å². The molecular formula is C16H20N6OS3. The number of hydrogen-bond acceptors (Lipinski definition) is 9. The van der Waals surface area contributed by atoms with E-state index in [2.05, 4.69) is 44.8 Å². The van der Waals surface area contributed by atoms with E-state index in [0.717, 1.165) is 45.4 Å². The maximum Gasteiger partial charge on any atom is 0.175 e. The molecule has 7 nitrogen and oxygen atoms in total. The molecule has 0 aliphatic rings. The second kappa shape index (κ2) is 9.89. The van der Waals surface area contributed by atoms with Gasteiger partial charge in [-0.2, -0.15) is 0 Å². The monoisotopic (exact) mass is 408 g/mol. The van der Waals surface area contributed by atoms with Crippen LogP contribution in [0.1, 0.15) is 31.2 Å². The maximum absolute atomic E-state index is 5.18. The number of nitrogens with zero attached hydrogens (tertiary/aromatic N) is 6. The highest BCUT2D eigenvalue weighted by atomic mass is 32.2. The van der Waals surface area contributed by atoms with Gasteiger partial charge in [-0.15, -0.1) is 15.3 Å². The Labute approximate surface area is 164 Å². The molecule has 26 heavy (non-hydrogen) atoms. The Morgan fingerprint density at radius 1 is 1.04 bits per heavy atom. The summed E-state index contributed by atoms with van der Waals surface area (Å²) in [6.07, 6.45) is 2.20. The Balaban J connectivity index is 1.49. The molecule has 0 fully saturated rings. The molecule has 138 valence electrons. The van der Waals surface area contributed by atoms with E-state index in [1.54, 1.807) is 42.0 Å². The summed E-state index contributed by atoms with van der Waals surface area (Å²) in [5.74, 6) is 3.31. The van der Waals surface area contributed by atoms with Crippen LogP contribution in [-0.4, -0.2) is 37.5 Å². The Morgan fingerprint density at radius 3 is 2.46 bits per heavy atom. The van der Waals surface area contributed by atoms with Gasteiger partial charge in [0.05, 0.1) is 12.9 Å². The highest BCUT2D eigenvalue weighted by molar-refractivity contribution is 8.02. The molecule has 2 heterocycles. The molecule has 0 amide bonds. The fourth-order valence-electron chi connectivity index (χ4n) is 2.12. The van der Waals surface area contributed by atoms with Gasteiger partial charge in [-0.3, -0.25) is 0 Å². The quantitative estimate of drug-likeness (QED) is 0.467. The van der Waals surface area contributed by atoms with E-state index >= 15 is 0 Å². The number of thioether (sulfide) groups is 2. The zero-order valence-corrected chi connectivity index (χ0v) is 17.1. The minimum Gasteiger partial charge on any atom is -0.497 e. The van der Waals surface area contributed by atoms with E-state index < -0.39 is 0 Å². The first-order chi connectivity index (χ1) is 12.8. The molecule has 10 heteroatoms. The van der Waals surface area contributed by atoms with E-state index in [9.17, 15) is 0 Å². The number of hydrogen-bond donors (Lipinski definition) is 0. The van der Waals surface area contributed by atoms with Crippen molar-refractivity contribution in [3.8, 4) is 5.75 Å². The second-order valence-corrected chi connectivity index (χ2v) is 8.85. The van der Waals surface area contributed by atoms with Gasteiger partial charge in [0, 0.05) is 12.3 Å². The number of aryl methyl sites for hydroxylation is 1. The highest BCUT2D eigenvalue weighted by Gasteiger charge is 2.10. The molecule has 0 radical (unpaired) electrons. The third-order valence-electron chi connectivity index (χ3n) is 3.56. The van der Waals surface area contributed by atoms with Crippen molar-refractivity contribution < 1.29 is 4.74 Å². The van der Waals surface area contributed by atoms with Crippen LogP contribution in [0.4, 0.5) is 0 Å². The smallest absolute Gasteiger partial charge is 0.175 e. The predicted octanol–water partition coefficient (Wildman–Crippen LogP) is 3.92. The van der Waals surface area contributed by atoms with Gasteiger partial charge in [-0.05, 0) is 34.5 Å². The van der Waals surface area contributed by atoms with Gasteiger partial charge in [-0.1, -0.05) is 60.3 Å². The van der Waals surface area contributed by atoms with E-state index in [0.29, 0.717) is 5.75 Å². The Morgan fingerprint density at radius 2 is 1.77 bits per heavy atom. The largest absolute Gasteiger partial charge is 0.497 e. The summed E-state index contributed by atoms with van der Waals surface area (Å²) in [6.45, 7) is 3.02. The summed E-state index contributed by atoms with van der Waals surface area (Å²) in [4.78, 5) is 0. The Bertz CT molecular complexity index is 804. The van der Waals surface area contributed by atoms with E-state index in [-0.39, 0.29) is 0 Å². The molecule has 0 aliphatic heterocycles. The van der Waals surface area contributed by atoms with Gasteiger partial charge >= 0.3 is 0 Å². The minimum atomic E-state index is 0.703. The molecule has 1 aromatic carbocycles. The van der Waals surface area contributed by atoms with Crippen LogP contribution in [0.5, 0.6) is 5.75 Å². The molecule has 0 saturated heterocycles. The summed E-state index contributed by atoms with van der Waals surface area (Å²) in [5.41, 5.74) is 1.23. The Kier molecular flexibility index (Phi) is 7.27. The van der Waals surface area contributed by atoms with E-state index in [4.69, 9.17) is 4.74 Å². The zero-order valence-electron chi connectivity index (χ0n) is 14.7. The molecule has 0 aliphatic carbocycles. The molecule has 0 saturated carbocycles. The summed E-state index contributed by atoms with van der Waals surface area (Å²) in [5, 5.41) is 20.4. The first-order valence-electron chi connectivity index (χ1n) is 8.25. The lowest BCUT2D eigenvalue weighted by Crippen LogP contribution is -2.04. The summed E-state index contributed by atoms with van der Waals surface area (Å²) in [6, 6.07) is 8.08. The van der Waals surface area contributed by atoms with Crippen molar-refractivity contribution >= 4 is 34.9 Å². The van der Waals surface area contributed by atoms with Gasteiger partial charge < -0.3 is 4.74 Å².